The van der Waals surface area contributed by atoms with Crippen molar-refractivity contribution in [1.29, 1.82) is 0 Å². The third-order valence-electron chi connectivity index (χ3n) is 1.75. The molecule has 0 rings (SSSR count). The smallest absolute Gasteiger partial charge is 0.283 e. The van der Waals surface area contributed by atoms with E-state index in [1.807, 2.05) is 20.8 Å². The third kappa shape index (κ3) is 4.94. The van der Waals surface area contributed by atoms with Crippen LogP contribution in [0.3, 0.4) is 0 Å². The summed E-state index contributed by atoms with van der Waals surface area (Å²) < 4.78 is 16.7. The van der Waals surface area contributed by atoms with Gasteiger partial charge in [0.1, 0.15) is 0 Å². The van der Waals surface area contributed by atoms with Crippen molar-refractivity contribution in [2.45, 2.75) is 47.0 Å². The molecule has 0 atom stereocenters. The Morgan fingerprint density at radius 3 is 1.43 bits per heavy atom. The molecule has 0 aliphatic heterocycles. The van der Waals surface area contributed by atoms with Crippen LogP contribution >= 0.6 is 0 Å². The molecule has 0 amide bonds. The zero-order valence-corrected chi connectivity index (χ0v) is 10.1. The first-order valence-electron chi connectivity index (χ1n) is 5.52. The predicted molar refractivity (Wildman–Crippen MR) is 57.1 cm³/mol. The fraction of sp³-hybridized carbons (Fsp3) is 1.00. The highest BCUT2D eigenvalue weighted by Crippen LogP contribution is 2.24. The molecule has 0 aliphatic rings. The van der Waals surface area contributed by atoms with Gasteiger partial charge < -0.3 is 14.2 Å². The molecule has 14 heavy (non-hydrogen) atoms. The summed E-state index contributed by atoms with van der Waals surface area (Å²) in [6.45, 7) is 11.9. The van der Waals surface area contributed by atoms with Crippen LogP contribution in [0.5, 0.6) is 0 Å². The first-order valence-corrected chi connectivity index (χ1v) is 5.52. The van der Waals surface area contributed by atoms with E-state index in [9.17, 15) is 0 Å². The van der Waals surface area contributed by atoms with Crippen molar-refractivity contribution < 1.29 is 14.2 Å². The Morgan fingerprint density at radius 2 is 1.21 bits per heavy atom. The minimum Gasteiger partial charge on any atom is -0.328 e. The topological polar surface area (TPSA) is 27.7 Å². The first kappa shape index (κ1) is 13.9. The number of hydrogen-bond acceptors (Lipinski definition) is 3. The van der Waals surface area contributed by atoms with Crippen molar-refractivity contribution in [2.24, 2.45) is 5.92 Å². The van der Waals surface area contributed by atoms with Crippen molar-refractivity contribution in [3.63, 3.8) is 0 Å². The Labute approximate surface area is 87.7 Å². The van der Waals surface area contributed by atoms with Crippen LogP contribution in [0.2, 0.25) is 0 Å². The fourth-order valence-corrected chi connectivity index (χ4v) is 1.46. The molecule has 0 aromatic heterocycles. The summed E-state index contributed by atoms with van der Waals surface area (Å²) in [6, 6.07) is 0. The van der Waals surface area contributed by atoms with Crippen molar-refractivity contribution in [1.82, 2.24) is 0 Å². The van der Waals surface area contributed by atoms with E-state index in [1.54, 1.807) is 0 Å². The van der Waals surface area contributed by atoms with Crippen LogP contribution < -0.4 is 0 Å². The van der Waals surface area contributed by atoms with Gasteiger partial charge in [0.05, 0.1) is 0 Å². The van der Waals surface area contributed by atoms with Crippen LogP contribution in [0, 0.1) is 5.92 Å². The van der Waals surface area contributed by atoms with E-state index in [1.165, 1.54) is 0 Å². The number of rotatable bonds is 8. The average molecular weight is 204 g/mol. The van der Waals surface area contributed by atoms with E-state index in [2.05, 4.69) is 13.8 Å². The molecule has 0 fully saturated rings. The highest BCUT2D eigenvalue weighted by atomic mass is 16.9. The Kier molecular flexibility index (Phi) is 7.15. The highest BCUT2D eigenvalue weighted by molar-refractivity contribution is 4.60. The minimum absolute atomic E-state index is 0.486. The summed E-state index contributed by atoms with van der Waals surface area (Å²) in [6.07, 6.45) is 0.766. The van der Waals surface area contributed by atoms with Gasteiger partial charge in [-0.05, 0) is 26.7 Å². The van der Waals surface area contributed by atoms with E-state index in [0.717, 1.165) is 6.42 Å². The Hall–Kier alpha value is -0.120. The van der Waals surface area contributed by atoms with Gasteiger partial charge in [-0.1, -0.05) is 13.8 Å². The summed E-state index contributed by atoms with van der Waals surface area (Å²) in [5.41, 5.74) is 0. The molecule has 3 nitrogen and oxygen atoms in total. The number of hydrogen-bond donors (Lipinski definition) is 0. The SMILES string of the molecule is CCOC(CC(C)C)(OCC)OCC. The molecule has 0 aromatic rings. The van der Waals surface area contributed by atoms with Crippen LogP contribution in [-0.2, 0) is 14.2 Å². The molecule has 86 valence electrons. The van der Waals surface area contributed by atoms with Crippen LogP contribution in [0.25, 0.3) is 0 Å². The molecule has 0 spiro atoms. The lowest BCUT2D eigenvalue weighted by atomic mass is 10.1. The van der Waals surface area contributed by atoms with Gasteiger partial charge in [0, 0.05) is 26.2 Å². The normalized spacial score (nSPS) is 12.4. The molecule has 0 radical (unpaired) electrons. The van der Waals surface area contributed by atoms with Crippen molar-refractivity contribution in [3.8, 4) is 0 Å². The fourth-order valence-electron chi connectivity index (χ4n) is 1.46. The van der Waals surface area contributed by atoms with Gasteiger partial charge in [0.2, 0.25) is 0 Å². The van der Waals surface area contributed by atoms with E-state index < -0.39 is 5.97 Å². The summed E-state index contributed by atoms with van der Waals surface area (Å²) in [7, 11) is 0. The van der Waals surface area contributed by atoms with Crippen LogP contribution in [0.1, 0.15) is 41.0 Å². The van der Waals surface area contributed by atoms with E-state index in [4.69, 9.17) is 14.2 Å². The van der Waals surface area contributed by atoms with Gasteiger partial charge in [0.25, 0.3) is 5.97 Å². The van der Waals surface area contributed by atoms with Crippen LogP contribution in [0.15, 0.2) is 0 Å². The van der Waals surface area contributed by atoms with Gasteiger partial charge in [0.15, 0.2) is 0 Å². The molecule has 0 N–H and O–H groups in total. The lowest BCUT2D eigenvalue weighted by Crippen LogP contribution is -2.40. The predicted octanol–water partition coefficient (Wildman–Crippen LogP) is 2.80. The van der Waals surface area contributed by atoms with Gasteiger partial charge in [-0.3, -0.25) is 0 Å². The molecule has 0 saturated heterocycles. The molecular formula is C11H24O3. The molecule has 0 aromatic carbocycles. The van der Waals surface area contributed by atoms with Crippen molar-refractivity contribution in [2.75, 3.05) is 19.8 Å². The van der Waals surface area contributed by atoms with E-state index in [-0.39, 0.29) is 0 Å². The molecule has 0 bridgehead atoms. The highest BCUT2D eigenvalue weighted by Gasteiger charge is 2.33. The molecular weight excluding hydrogens is 180 g/mol. The zero-order chi connectivity index (χ0) is 11.0. The van der Waals surface area contributed by atoms with Gasteiger partial charge >= 0.3 is 0 Å². The molecule has 3 heteroatoms. The second kappa shape index (κ2) is 7.21. The Bertz CT molecular complexity index is 117. The number of ether oxygens (including phenoxy) is 3. The minimum atomic E-state index is -0.827. The second-order valence-electron chi connectivity index (χ2n) is 3.58. The van der Waals surface area contributed by atoms with E-state index in [0.29, 0.717) is 25.7 Å². The van der Waals surface area contributed by atoms with Crippen molar-refractivity contribution >= 4 is 0 Å². The largest absolute Gasteiger partial charge is 0.328 e. The maximum Gasteiger partial charge on any atom is 0.283 e. The maximum atomic E-state index is 5.58. The zero-order valence-electron chi connectivity index (χ0n) is 10.1. The summed E-state index contributed by atoms with van der Waals surface area (Å²) in [5, 5.41) is 0. The van der Waals surface area contributed by atoms with Crippen LogP contribution in [0.4, 0.5) is 0 Å². The van der Waals surface area contributed by atoms with E-state index >= 15 is 0 Å². The maximum absolute atomic E-state index is 5.58. The Balaban J connectivity index is 4.37. The van der Waals surface area contributed by atoms with Crippen LogP contribution in [-0.4, -0.2) is 25.8 Å². The molecule has 0 unspecified atom stereocenters. The van der Waals surface area contributed by atoms with Crippen molar-refractivity contribution in [3.05, 3.63) is 0 Å². The molecule has 0 aliphatic carbocycles. The summed E-state index contributed by atoms with van der Waals surface area (Å²) in [4.78, 5) is 0. The summed E-state index contributed by atoms with van der Waals surface area (Å²) in [5.74, 6) is -0.341. The second-order valence-corrected chi connectivity index (χ2v) is 3.58. The quantitative estimate of drug-likeness (QED) is 0.569. The Morgan fingerprint density at radius 1 is 0.857 bits per heavy atom. The average Bonchev–Trinajstić information content (AvgIpc) is 2.03. The monoisotopic (exact) mass is 204 g/mol. The molecule has 0 saturated carbocycles. The van der Waals surface area contributed by atoms with Gasteiger partial charge in [-0.15, -0.1) is 0 Å². The molecule has 0 heterocycles. The third-order valence-corrected chi connectivity index (χ3v) is 1.75. The lowest BCUT2D eigenvalue weighted by Gasteiger charge is -2.33. The lowest BCUT2D eigenvalue weighted by molar-refractivity contribution is -0.382. The van der Waals surface area contributed by atoms with Gasteiger partial charge in [-0.2, -0.15) is 0 Å². The summed E-state index contributed by atoms with van der Waals surface area (Å²) >= 11 is 0. The van der Waals surface area contributed by atoms with Gasteiger partial charge in [-0.25, -0.2) is 0 Å². The standard InChI is InChI=1S/C11H24O3/c1-6-12-11(13-7-2,14-8-3)9-10(4)5/h10H,6-9H2,1-5H3. The first-order chi connectivity index (χ1) is 6.60.